The van der Waals surface area contributed by atoms with Crippen LogP contribution in [0.4, 0.5) is 4.39 Å². The number of benzene rings is 1. The maximum Gasteiger partial charge on any atom is 0.488 e. The number of thioether (sulfide) groups is 1. The molecule has 0 bridgehead atoms. The van der Waals surface area contributed by atoms with Crippen molar-refractivity contribution in [3.05, 3.63) is 29.6 Å². The van der Waals surface area contributed by atoms with Crippen LogP contribution >= 0.6 is 11.8 Å². The Labute approximate surface area is 118 Å². The van der Waals surface area contributed by atoms with E-state index < -0.39 is 7.12 Å². The van der Waals surface area contributed by atoms with E-state index in [-0.39, 0.29) is 11.3 Å². The van der Waals surface area contributed by atoms with Crippen LogP contribution in [0.2, 0.25) is 0 Å². The highest BCUT2D eigenvalue weighted by Crippen LogP contribution is 2.22. The Bertz CT molecular complexity index is 433. The second-order valence-corrected chi connectivity index (χ2v) is 6.27. The van der Waals surface area contributed by atoms with E-state index in [4.69, 9.17) is 10.0 Å². The summed E-state index contributed by atoms with van der Waals surface area (Å²) >= 11 is 1.99. The largest absolute Gasteiger partial charge is 0.488 e. The number of hydrogen-bond donors (Lipinski definition) is 2. The fraction of sp³-hybridized carbons (Fsp3) is 0.538. The van der Waals surface area contributed by atoms with Gasteiger partial charge in [0, 0.05) is 36.2 Å². The van der Waals surface area contributed by atoms with Crippen molar-refractivity contribution in [2.75, 3.05) is 18.8 Å². The summed E-state index contributed by atoms with van der Waals surface area (Å²) in [5.41, 5.74) is 0.813. The lowest BCUT2D eigenvalue weighted by atomic mass is 9.80. The van der Waals surface area contributed by atoms with E-state index in [0.29, 0.717) is 17.4 Å². The van der Waals surface area contributed by atoms with Crippen LogP contribution in [-0.4, -0.2) is 46.2 Å². The highest BCUT2D eigenvalue weighted by atomic mass is 32.2. The quantitative estimate of drug-likeness (QED) is 0.804. The molecule has 1 aromatic rings. The molecule has 6 heteroatoms. The molecule has 1 unspecified atom stereocenters. The minimum absolute atomic E-state index is 0.196. The van der Waals surface area contributed by atoms with Gasteiger partial charge < -0.3 is 10.0 Å². The monoisotopic (exact) mass is 283 g/mol. The molecule has 1 fully saturated rings. The molecule has 0 saturated carbocycles. The fourth-order valence-electron chi connectivity index (χ4n) is 2.26. The summed E-state index contributed by atoms with van der Waals surface area (Å²) in [7, 11) is -1.61. The van der Waals surface area contributed by atoms with Crippen LogP contribution < -0.4 is 5.46 Å². The Morgan fingerprint density at radius 3 is 2.89 bits per heavy atom. The van der Waals surface area contributed by atoms with E-state index in [1.165, 1.54) is 6.07 Å². The lowest BCUT2D eigenvalue weighted by molar-refractivity contribution is 0.269. The van der Waals surface area contributed by atoms with Gasteiger partial charge in [-0.2, -0.15) is 11.8 Å². The van der Waals surface area contributed by atoms with Gasteiger partial charge in [0.1, 0.15) is 5.82 Å². The zero-order valence-corrected chi connectivity index (χ0v) is 11.9. The maximum absolute atomic E-state index is 13.9. The Balaban J connectivity index is 2.02. The predicted molar refractivity (Wildman–Crippen MR) is 78.0 cm³/mol. The molecule has 0 spiro atoms. The van der Waals surface area contributed by atoms with Gasteiger partial charge in [-0.25, -0.2) is 4.39 Å². The summed E-state index contributed by atoms with van der Waals surface area (Å²) in [6.45, 7) is 4.74. The van der Waals surface area contributed by atoms with E-state index in [0.717, 1.165) is 25.3 Å². The average molecular weight is 283 g/mol. The predicted octanol–water partition coefficient (Wildman–Crippen LogP) is 0.833. The SMILES string of the molecule is CCC1CN(Cc2ccc(B(O)O)cc2F)CCS1. The summed E-state index contributed by atoms with van der Waals surface area (Å²) in [6, 6.07) is 4.42. The van der Waals surface area contributed by atoms with Crippen LogP contribution in [0, 0.1) is 5.82 Å². The van der Waals surface area contributed by atoms with Crippen molar-refractivity contribution in [2.24, 2.45) is 0 Å². The number of rotatable bonds is 4. The van der Waals surface area contributed by atoms with Crippen molar-refractivity contribution in [3.63, 3.8) is 0 Å². The van der Waals surface area contributed by atoms with Gasteiger partial charge in [-0.05, 0) is 17.9 Å². The van der Waals surface area contributed by atoms with Gasteiger partial charge in [0.05, 0.1) is 0 Å². The topological polar surface area (TPSA) is 43.7 Å². The van der Waals surface area contributed by atoms with E-state index in [9.17, 15) is 4.39 Å². The summed E-state index contributed by atoms with van der Waals surface area (Å²) in [6.07, 6.45) is 1.14. The highest BCUT2D eigenvalue weighted by Gasteiger charge is 2.20. The molecule has 0 radical (unpaired) electrons. The van der Waals surface area contributed by atoms with Gasteiger partial charge in [-0.15, -0.1) is 0 Å². The van der Waals surface area contributed by atoms with Crippen molar-refractivity contribution < 1.29 is 14.4 Å². The highest BCUT2D eigenvalue weighted by molar-refractivity contribution is 8.00. The molecule has 1 aliphatic rings. The standard InChI is InChI=1S/C13H19BFNO2S/c1-2-12-9-16(5-6-19-12)8-10-3-4-11(14(17)18)7-13(10)15/h3-4,7,12,17-18H,2,5-6,8-9H2,1H3. The molecule has 2 N–H and O–H groups in total. The Kier molecular flexibility index (Phi) is 5.27. The van der Waals surface area contributed by atoms with Crippen molar-refractivity contribution in [3.8, 4) is 0 Å². The molecule has 0 aromatic heterocycles. The normalized spacial score (nSPS) is 20.5. The molecule has 0 aliphatic carbocycles. The van der Waals surface area contributed by atoms with Crippen molar-refractivity contribution in [1.82, 2.24) is 4.90 Å². The first-order valence-electron chi connectivity index (χ1n) is 6.58. The van der Waals surface area contributed by atoms with Gasteiger partial charge in [0.25, 0.3) is 0 Å². The molecule has 1 aromatic carbocycles. The molecule has 2 rings (SSSR count). The molecule has 1 heterocycles. The van der Waals surface area contributed by atoms with Gasteiger partial charge >= 0.3 is 7.12 Å². The second-order valence-electron chi connectivity index (χ2n) is 4.86. The minimum atomic E-state index is -1.61. The smallest absolute Gasteiger partial charge is 0.423 e. The third-order valence-corrected chi connectivity index (χ3v) is 4.82. The minimum Gasteiger partial charge on any atom is -0.423 e. The lowest BCUT2D eigenvalue weighted by Gasteiger charge is -2.31. The zero-order chi connectivity index (χ0) is 13.8. The first-order valence-corrected chi connectivity index (χ1v) is 7.63. The van der Waals surface area contributed by atoms with Crippen LogP contribution in [0.15, 0.2) is 18.2 Å². The molecule has 1 aliphatic heterocycles. The first kappa shape index (κ1) is 14.8. The number of hydrogen-bond acceptors (Lipinski definition) is 4. The van der Waals surface area contributed by atoms with Crippen LogP contribution in [0.3, 0.4) is 0 Å². The van der Waals surface area contributed by atoms with Crippen molar-refractivity contribution in [2.45, 2.75) is 25.1 Å². The summed E-state index contributed by atoms with van der Waals surface area (Å²) in [5, 5.41) is 18.6. The van der Waals surface area contributed by atoms with Gasteiger partial charge in [0.2, 0.25) is 0 Å². The summed E-state index contributed by atoms with van der Waals surface area (Å²) in [4.78, 5) is 2.26. The zero-order valence-electron chi connectivity index (χ0n) is 11.1. The van der Waals surface area contributed by atoms with E-state index in [2.05, 4.69) is 11.8 Å². The number of nitrogens with zero attached hydrogens (tertiary/aromatic N) is 1. The second kappa shape index (κ2) is 6.75. The summed E-state index contributed by atoms with van der Waals surface area (Å²) < 4.78 is 13.9. The van der Waals surface area contributed by atoms with E-state index >= 15 is 0 Å². The Hall–Kier alpha value is -0.555. The summed E-state index contributed by atoms with van der Waals surface area (Å²) in [5.74, 6) is 0.727. The van der Waals surface area contributed by atoms with Gasteiger partial charge in [-0.3, -0.25) is 4.90 Å². The third-order valence-electron chi connectivity index (χ3n) is 3.45. The Morgan fingerprint density at radius 1 is 1.47 bits per heavy atom. The van der Waals surface area contributed by atoms with Crippen LogP contribution in [-0.2, 0) is 6.54 Å². The molecule has 3 nitrogen and oxygen atoms in total. The number of halogens is 1. The Morgan fingerprint density at radius 2 is 2.26 bits per heavy atom. The van der Waals surface area contributed by atoms with Crippen molar-refractivity contribution in [1.29, 1.82) is 0 Å². The van der Waals surface area contributed by atoms with E-state index in [1.54, 1.807) is 12.1 Å². The van der Waals surface area contributed by atoms with Crippen LogP contribution in [0.5, 0.6) is 0 Å². The van der Waals surface area contributed by atoms with Crippen LogP contribution in [0.1, 0.15) is 18.9 Å². The van der Waals surface area contributed by atoms with Crippen molar-refractivity contribution >= 4 is 24.3 Å². The molecule has 1 atom stereocenters. The van der Waals surface area contributed by atoms with E-state index in [1.807, 2.05) is 11.8 Å². The molecular formula is C13H19BFNO2S. The maximum atomic E-state index is 13.9. The fourth-order valence-corrected chi connectivity index (χ4v) is 3.51. The molecule has 104 valence electrons. The molecule has 0 amide bonds. The molecule has 19 heavy (non-hydrogen) atoms. The third kappa shape index (κ3) is 3.95. The average Bonchev–Trinajstić information content (AvgIpc) is 2.41. The molecular weight excluding hydrogens is 264 g/mol. The van der Waals surface area contributed by atoms with Gasteiger partial charge in [0.15, 0.2) is 0 Å². The van der Waals surface area contributed by atoms with Gasteiger partial charge in [-0.1, -0.05) is 19.1 Å². The lowest BCUT2D eigenvalue weighted by Crippen LogP contribution is -2.37. The molecule has 1 saturated heterocycles. The van der Waals surface area contributed by atoms with Crippen LogP contribution in [0.25, 0.3) is 0 Å². The first-order chi connectivity index (χ1) is 9.10.